The van der Waals surface area contributed by atoms with E-state index in [0.29, 0.717) is 21.9 Å². The van der Waals surface area contributed by atoms with Gasteiger partial charge in [-0.3, -0.25) is 14.0 Å². The summed E-state index contributed by atoms with van der Waals surface area (Å²) in [6.07, 6.45) is 2.62. The lowest BCUT2D eigenvalue weighted by Gasteiger charge is -2.12. The number of nitrogens with one attached hydrogen (secondary N) is 2. The summed E-state index contributed by atoms with van der Waals surface area (Å²) in [6, 6.07) is 10.2. The molecule has 0 aliphatic heterocycles. The Morgan fingerprint density at radius 3 is 2.52 bits per heavy atom. The van der Waals surface area contributed by atoms with Crippen molar-refractivity contribution in [2.24, 2.45) is 0 Å². The van der Waals surface area contributed by atoms with Gasteiger partial charge in [0.2, 0.25) is 0 Å². The van der Waals surface area contributed by atoms with E-state index in [9.17, 15) is 9.59 Å². The molecule has 0 fully saturated rings. The van der Waals surface area contributed by atoms with Gasteiger partial charge in [-0.1, -0.05) is 24.6 Å². The van der Waals surface area contributed by atoms with Crippen molar-refractivity contribution < 1.29 is 9.59 Å². The summed E-state index contributed by atoms with van der Waals surface area (Å²) in [7, 11) is 0. The zero-order chi connectivity index (χ0) is 19.6. The molecule has 0 spiro atoms. The molecule has 2 N–H and O–H groups in total. The topological polar surface area (TPSA) is 75.5 Å². The van der Waals surface area contributed by atoms with Crippen LogP contribution in [0.5, 0.6) is 0 Å². The number of carbonyl (C=O) groups is 2. The van der Waals surface area contributed by atoms with Crippen LogP contribution < -0.4 is 10.6 Å². The molecule has 0 aliphatic rings. The summed E-state index contributed by atoms with van der Waals surface area (Å²) < 4.78 is 1.70. The second-order valence-electron chi connectivity index (χ2n) is 6.49. The Morgan fingerprint density at radius 1 is 1.15 bits per heavy atom. The Morgan fingerprint density at radius 2 is 1.85 bits per heavy atom. The molecule has 0 aliphatic carbocycles. The number of aromatic nitrogens is 2. The van der Waals surface area contributed by atoms with Crippen LogP contribution in [0.3, 0.4) is 0 Å². The van der Waals surface area contributed by atoms with Crippen LogP contribution in [0.2, 0.25) is 5.02 Å². The number of benzene rings is 1. The second-order valence-corrected chi connectivity index (χ2v) is 6.92. The van der Waals surface area contributed by atoms with Gasteiger partial charge in [-0.25, -0.2) is 4.98 Å². The maximum Gasteiger partial charge on any atom is 0.272 e. The van der Waals surface area contributed by atoms with Crippen LogP contribution in [0.1, 0.15) is 46.7 Å². The number of nitrogens with zero attached hydrogens (tertiary/aromatic N) is 2. The van der Waals surface area contributed by atoms with Gasteiger partial charge in [0.25, 0.3) is 11.8 Å². The predicted molar refractivity (Wildman–Crippen MR) is 107 cm³/mol. The van der Waals surface area contributed by atoms with Crippen molar-refractivity contribution in [1.82, 2.24) is 14.7 Å². The molecule has 3 rings (SSSR count). The van der Waals surface area contributed by atoms with Crippen molar-refractivity contribution >= 4 is 34.9 Å². The molecule has 0 radical (unpaired) electrons. The first-order valence-electron chi connectivity index (χ1n) is 8.75. The van der Waals surface area contributed by atoms with Gasteiger partial charge >= 0.3 is 0 Å². The van der Waals surface area contributed by atoms with E-state index in [1.807, 2.05) is 39.1 Å². The lowest BCUT2D eigenvalue weighted by Crippen LogP contribution is -2.33. The van der Waals surface area contributed by atoms with Gasteiger partial charge in [-0.05, 0) is 56.2 Å². The highest BCUT2D eigenvalue weighted by Gasteiger charge is 2.22. The highest BCUT2D eigenvalue weighted by molar-refractivity contribution is 6.30. The summed E-state index contributed by atoms with van der Waals surface area (Å²) in [6.45, 7) is 5.85. The quantitative estimate of drug-likeness (QED) is 0.696. The molecule has 0 bridgehead atoms. The molecule has 6 nitrogen and oxygen atoms in total. The Bertz CT molecular complexity index is 995. The van der Waals surface area contributed by atoms with Crippen molar-refractivity contribution in [3.63, 3.8) is 0 Å². The Labute approximate surface area is 162 Å². The Hall–Kier alpha value is -2.86. The van der Waals surface area contributed by atoms with Crippen LogP contribution in [0.25, 0.3) is 5.65 Å². The molecule has 140 valence electrons. The van der Waals surface area contributed by atoms with E-state index in [0.717, 1.165) is 12.0 Å². The van der Waals surface area contributed by atoms with Crippen LogP contribution in [0.15, 0.2) is 42.6 Å². The predicted octanol–water partition coefficient (Wildman–Crippen LogP) is 4.08. The highest BCUT2D eigenvalue weighted by atomic mass is 35.5. The van der Waals surface area contributed by atoms with Gasteiger partial charge in [0.15, 0.2) is 11.5 Å². The lowest BCUT2D eigenvalue weighted by molar-refractivity contribution is 0.0934. The molecule has 1 unspecified atom stereocenters. The summed E-state index contributed by atoms with van der Waals surface area (Å²) in [5, 5.41) is 6.23. The smallest absolute Gasteiger partial charge is 0.272 e. The second kappa shape index (κ2) is 7.80. The van der Waals surface area contributed by atoms with Gasteiger partial charge in [0, 0.05) is 22.8 Å². The summed E-state index contributed by atoms with van der Waals surface area (Å²) in [5.41, 5.74) is 2.30. The first kappa shape index (κ1) is 18.9. The Kier molecular flexibility index (Phi) is 5.46. The maximum absolute atomic E-state index is 12.8. The van der Waals surface area contributed by atoms with E-state index in [1.165, 1.54) is 0 Å². The van der Waals surface area contributed by atoms with Crippen molar-refractivity contribution in [2.45, 2.75) is 33.2 Å². The summed E-state index contributed by atoms with van der Waals surface area (Å²) >= 11 is 5.87. The number of amides is 2. The normalized spacial score (nSPS) is 12.0. The fourth-order valence-corrected chi connectivity index (χ4v) is 2.76. The minimum atomic E-state index is -0.357. The number of imidazole rings is 1. The van der Waals surface area contributed by atoms with Gasteiger partial charge in [-0.15, -0.1) is 0 Å². The van der Waals surface area contributed by atoms with Crippen molar-refractivity contribution in [3.05, 3.63) is 64.4 Å². The van der Waals surface area contributed by atoms with Gasteiger partial charge in [-0.2, -0.15) is 0 Å². The van der Waals surface area contributed by atoms with Crippen molar-refractivity contribution in [1.29, 1.82) is 0 Å². The van der Waals surface area contributed by atoms with E-state index >= 15 is 0 Å². The average Bonchev–Trinajstić information content (AvgIpc) is 2.99. The standard InChI is InChI=1S/C20H21ClN4O2/c1-4-13(3)22-20(27)17-18(23-16-10-5-12(2)11-25(16)17)24-19(26)14-6-8-15(21)9-7-14/h5-11,13H,4H2,1-3H3,(H,22,27)(H,24,26). The van der Waals surface area contributed by atoms with Crippen molar-refractivity contribution in [3.8, 4) is 0 Å². The number of halogens is 1. The van der Waals surface area contributed by atoms with Crippen molar-refractivity contribution in [2.75, 3.05) is 5.32 Å². The average molecular weight is 385 g/mol. The van der Waals surface area contributed by atoms with E-state index < -0.39 is 0 Å². The number of fused-ring (bicyclic) bond motifs is 1. The van der Waals surface area contributed by atoms with E-state index in [1.54, 1.807) is 28.7 Å². The van der Waals surface area contributed by atoms with Crippen LogP contribution >= 0.6 is 11.6 Å². The molecule has 0 saturated carbocycles. The summed E-state index contributed by atoms with van der Waals surface area (Å²) in [4.78, 5) is 29.9. The number of aryl methyl sites for hydroxylation is 1. The van der Waals surface area contributed by atoms with Gasteiger partial charge < -0.3 is 10.6 Å². The third-order valence-electron chi connectivity index (χ3n) is 4.31. The molecular weight excluding hydrogens is 364 g/mol. The molecule has 27 heavy (non-hydrogen) atoms. The van der Waals surface area contributed by atoms with Crippen LogP contribution in [0.4, 0.5) is 5.82 Å². The molecule has 0 saturated heterocycles. The molecular formula is C20H21ClN4O2. The number of pyridine rings is 1. The van der Waals surface area contributed by atoms with E-state index in [4.69, 9.17) is 11.6 Å². The van der Waals surface area contributed by atoms with Crippen LogP contribution in [0, 0.1) is 6.92 Å². The molecule has 2 amide bonds. The third kappa shape index (κ3) is 4.11. The molecule has 3 aromatic rings. The third-order valence-corrected chi connectivity index (χ3v) is 4.56. The SMILES string of the molecule is CCC(C)NC(=O)c1c(NC(=O)c2ccc(Cl)cc2)nc2ccc(C)cn12. The molecule has 7 heteroatoms. The van der Waals surface area contributed by atoms with E-state index in [2.05, 4.69) is 15.6 Å². The molecule has 1 atom stereocenters. The van der Waals surface area contributed by atoms with Crippen LogP contribution in [-0.4, -0.2) is 27.2 Å². The first-order valence-corrected chi connectivity index (χ1v) is 9.13. The molecule has 1 aromatic carbocycles. The number of carbonyl (C=O) groups excluding carboxylic acids is 2. The lowest BCUT2D eigenvalue weighted by atomic mass is 10.2. The zero-order valence-corrected chi connectivity index (χ0v) is 16.2. The minimum Gasteiger partial charge on any atom is -0.348 e. The van der Waals surface area contributed by atoms with E-state index in [-0.39, 0.29) is 23.7 Å². The number of anilines is 1. The monoisotopic (exact) mass is 384 g/mol. The molecule has 2 heterocycles. The number of hydrogen-bond acceptors (Lipinski definition) is 3. The minimum absolute atomic E-state index is 0.00711. The zero-order valence-electron chi connectivity index (χ0n) is 15.4. The van der Waals surface area contributed by atoms with Gasteiger partial charge in [0.1, 0.15) is 5.65 Å². The largest absolute Gasteiger partial charge is 0.348 e. The fraction of sp³-hybridized carbons (Fsp3) is 0.250. The van der Waals surface area contributed by atoms with Crippen LogP contribution in [-0.2, 0) is 0 Å². The summed E-state index contributed by atoms with van der Waals surface area (Å²) in [5.74, 6) is -0.417. The molecule has 2 aromatic heterocycles. The highest BCUT2D eigenvalue weighted by Crippen LogP contribution is 2.20. The first-order chi connectivity index (χ1) is 12.9. The number of hydrogen-bond donors (Lipinski definition) is 2. The fourth-order valence-electron chi connectivity index (χ4n) is 2.63. The van der Waals surface area contributed by atoms with Gasteiger partial charge in [0.05, 0.1) is 0 Å². The number of rotatable bonds is 5. The Balaban J connectivity index is 2.00. The maximum atomic E-state index is 12.8.